The van der Waals surface area contributed by atoms with Crippen LogP contribution in [0, 0.1) is 0 Å². The summed E-state index contributed by atoms with van der Waals surface area (Å²) in [6, 6.07) is 0. The molecule has 0 fully saturated rings. The fourth-order valence-electron chi connectivity index (χ4n) is 1.83. The van der Waals surface area contributed by atoms with Crippen molar-refractivity contribution in [3.63, 3.8) is 0 Å². The van der Waals surface area contributed by atoms with Gasteiger partial charge in [0.1, 0.15) is 0 Å². The molecule has 98 valence electrons. The maximum Gasteiger partial charge on any atom is 0.0963 e. The maximum atomic E-state index is 4.19. The van der Waals surface area contributed by atoms with Crippen LogP contribution in [0.3, 0.4) is 0 Å². The van der Waals surface area contributed by atoms with Crippen molar-refractivity contribution in [1.29, 1.82) is 0 Å². The highest BCUT2D eigenvalue weighted by Crippen LogP contribution is 2.23. The van der Waals surface area contributed by atoms with Crippen LogP contribution in [0.1, 0.15) is 42.9 Å². The Bertz CT molecular complexity index is 490. The van der Waals surface area contributed by atoms with E-state index < -0.39 is 0 Å². The second-order valence-corrected chi connectivity index (χ2v) is 5.40. The summed E-state index contributed by atoms with van der Waals surface area (Å²) in [7, 11) is 0. The number of aromatic nitrogens is 5. The molecular formula is C12H18BrN5. The number of hydrogen-bond donors (Lipinski definition) is 0. The lowest BCUT2D eigenvalue weighted by Gasteiger charge is -2.05. The van der Waals surface area contributed by atoms with E-state index in [0.717, 1.165) is 37.3 Å². The summed E-state index contributed by atoms with van der Waals surface area (Å²) in [4.78, 5) is 4.47. The fourth-order valence-corrected chi connectivity index (χ4v) is 2.04. The average molecular weight is 312 g/mol. The molecule has 0 bridgehead atoms. The predicted octanol–water partition coefficient (Wildman–Crippen LogP) is 2.78. The highest BCUT2D eigenvalue weighted by atomic mass is 79.9. The minimum Gasteiger partial charge on any atom is -0.333 e. The highest BCUT2D eigenvalue weighted by molar-refractivity contribution is 9.09. The number of hydrogen-bond acceptors (Lipinski definition) is 3. The van der Waals surface area contributed by atoms with Crippen molar-refractivity contribution in [3.05, 3.63) is 30.1 Å². The Morgan fingerprint density at radius 1 is 1.39 bits per heavy atom. The fraction of sp³-hybridized carbons (Fsp3) is 0.583. The number of rotatable bonds is 6. The molecule has 1 unspecified atom stereocenters. The summed E-state index contributed by atoms with van der Waals surface area (Å²) in [6.45, 7) is 5.99. The van der Waals surface area contributed by atoms with E-state index in [0.29, 0.717) is 0 Å². The lowest BCUT2D eigenvalue weighted by molar-refractivity contribution is 0.583. The van der Waals surface area contributed by atoms with E-state index in [-0.39, 0.29) is 4.83 Å². The second kappa shape index (κ2) is 6.13. The van der Waals surface area contributed by atoms with Gasteiger partial charge in [0.2, 0.25) is 0 Å². The molecule has 0 amide bonds. The summed E-state index contributed by atoms with van der Waals surface area (Å²) >= 11 is 3.58. The van der Waals surface area contributed by atoms with E-state index in [1.807, 2.05) is 23.4 Å². The van der Waals surface area contributed by atoms with Crippen LogP contribution in [-0.4, -0.2) is 24.5 Å². The maximum absolute atomic E-state index is 4.19. The van der Waals surface area contributed by atoms with Gasteiger partial charge in [-0.3, -0.25) is 0 Å². The number of aryl methyl sites for hydroxylation is 1. The molecule has 2 rings (SSSR count). The molecule has 0 aliphatic rings. The first-order valence-electron chi connectivity index (χ1n) is 6.27. The summed E-state index contributed by atoms with van der Waals surface area (Å²) < 4.78 is 4.02. The Kier molecular flexibility index (Phi) is 4.52. The first-order chi connectivity index (χ1) is 8.74. The molecule has 0 aliphatic carbocycles. The third-order valence-corrected chi connectivity index (χ3v) is 3.94. The molecule has 0 aliphatic heterocycles. The normalized spacial score (nSPS) is 12.8. The summed E-state index contributed by atoms with van der Waals surface area (Å²) in [6.07, 6.45) is 7.86. The molecular weight excluding hydrogens is 294 g/mol. The van der Waals surface area contributed by atoms with Crippen molar-refractivity contribution in [2.24, 2.45) is 0 Å². The lowest BCUT2D eigenvalue weighted by Crippen LogP contribution is -2.07. The molecule has 2 heterocycles. The first-order valence-corrected chi connectivity index (χ1v) is 7.19. The largest absolute Gasteiger partial charge is 0.333 e. The predicted molar refractivity (Wildman–Crippen MR) is 73.6 cm³/mol. The zero-order valence-corrected chi connectivity index (χ0v) is 12.3. The van der Waals surface area contributed by atoms with Crippen molar-refractivity contribution in [2.75, 3.05) is 0 Å². The van der Waals surface area contributed by atoms with Crippen LogP contribution in [0.4, 0.5) is 0 Å². The van der Waals surface area contributed by atoms with Crippen molar-refractivity contribution < 1.29 is 0 Å². The minimum absolute atomic E-state index is 0.284. The SMILES string of the molecule is CCCn1cncc1Cn1cc(C(Br)CC)nn1. The van der Waals surface area contributed by atoms with Crippen molar-refractivity contribution in [1.82, 2.24) is 24.5 Å². The van der Waals surface area contributed by atoms with Gasteiger partial charge in [0.05, 0.1) is 41.5 Å². The Morgan fingerprint density at radius 2 is 2.22 bits per heavy atom. The van der Waals surface area contributed by atoms with Crippen LogP contribution in [0.5, 0.6) is 0 Å². The number of nitrogens with zero attached hydrogens (tertiary/aromatic N) is 5. The molecule has 2 aromatic rings. The molecule has 2 aromatic heterocycles. The van der Waals surface area contributed by atoms with E-state index in [2.05, 4.69) is 49.6 Å². The third kappa shape index (κ3) is 2.98. The zero-order chi connectivity index (χ0) is 13.0. The van der Waals surface area contributed by atoms with Gasteiger partial charge in [0.25, 0.3) is 0 Å². The van der Waals surface area contributed by atoms with Crippen molar-refractivity contribution in [3.8, 4) is 0 Å². The highest BCUT2D eigenvalue weighted by Gasteiger charge is 2.10. The standard InChI is InChI=1S/C12H18BrN5/c1-3-5-17-9-14-6-10(17)7-18-8-12(15-16-18)11(13)4-2/h6,8-9,11H,3-5,7H2,1-2H3. The molecule has 6 heteroatoms. The third-order valence-electron chi connectivity index (χ3n) is 2.82. The summed E-state index contributed by atoms with van der Waals surface area (Å²) in [5.74, 6) is 0. The lowest BCUT2D eigenvalue weighted by atomic mass is 10.3. The van der Waals surface area contributed by atoms with E-state index >= 15 is 0 Å². The zero-order valence-electron chi connectivity index (χ0n) is 10.8. The van der Waals surface area contributed by atoms with E-state index in [1.54, 1.807) is 0 Å². The molecule has 0 saturated carbocycles. The molecule has 0 spiro atoms. The van der Waals surface area contributed by atoms with Gasteiger partial charge >= 0.3 is 0 Å². The van der Waals surface area contributed by atoms with Crippen molar-refractivity contribution in [2.45, 2.75) is 44.6 Å². The van der Waals surface area contributed by atoms with E-state index in [1.165, 1.54) is 0 Å². The van der Waals surface area contributed by atoms with Crippen LogP contribution in [0.2, 0.25) is 0 Å². The quantitative estimate of drug-likeness (QED) is 0.771. The summed E-state index contributed by atoms with van der Waals surface area (Å²) in [5, 5.41) is 8.34. The Hall–Kier alpha value is -1.17. The second-order valence-electron chi connectivity index (χ2n) is 4.30. The van der Waals surface area contributed by atoms with E-state index in [4.69, 9.17) is 0 Å². The topological polar surface area (TPSA) is 48.5 Å². The van der Waals surface area contributed by atoms with Crippen molar-refractivity contribution >= 4 is 15.9 Å². The number of imidazole rings is 1. The smallest absolute Gasteiger partial charge is 0.0963 e. The molecule has 0 N–H and O–H groups in total. The van der Waals surface area contributed by atoms with Crippen LogP contribution < -0.4 is 0 Å². The van der Waals surface area contributed by atoms with E-state index in [9.17, 15) is 0 Å². The molecule has 18 heavy (non-hydrogen) atoms. The van der Waals surface area contributed by atoms with Gasteiger partial charge in [0, 0.05) is 6.54 Å². The summed E-state index contributed by atoms with van der Waals surface area (Å²) in [5.41, 5.74) is 2.15. The minimum atomic E-state index is 0.284. The first kappa shape index (κ1) is 13.3. The van der Waals surface area contributed by atoms with Crippen LogP contribution >= 0.6 is 15.9 Å². The molecule has 5 nitrogen and oxygen atoms in total. The van der Waals surface area contributed by atoms with Gasteiger partial charge < -0.3 is 4.57 Å². The number of halogens is 1. The Balaban J connectivity index is 2.09. The van der Waals surface area contributed by atoms with Gasteiger partial charge in [-0.2, -0.15) is 0 Å². The van der Waals surface area contributed by atoms with Crippen LogP contribution in [0.25, 0.3) is 0 Å². The molecule has 0 radical (unpaired) electrons. The van der Waals surface area contributed by atoms with Gasteiger partial charge in [0.15, 0.2) is 0 Å². The molecule has 0 aromatic carbocycles. The Labute approximate surface area is 115 Å². The molecule has 1 atom stereocenters. The molecule has 0 saturated heterocycles. The average Bonchev–Trinajstić information content (AvgIpc) is 3.00. The van der Waals surface area contributed by atoms with Gasteiger partial charge in [-0.1, -0.05) is 35.0 Å². The van der Waals surface area contributed by atoms with Gasteiger partial charge in [-0.05, 0) is 12.8 Å². The van der Waals surface area contributed by atoms with Gasteiger partial charge in [-0.25, -0.2) is 9.67 Å². The van der Waals surface area contributed by atoms with Crippen LogP contribution in [-0.2, 0) is 13.1 Å². The van der Waals surface area contributed by atoms with Crippen LogP contribution in [0.15, 0.2) is 18.7 Å². The van der Waals surface area contributed by atoms with Gasteiger partial charge in [-0.15, -0.1) is 5.10 Å². The number of alkyl halides is 1. The Morgan fingerprint density at radius 3 is 2.94 bits per heavy atom. The monoisotopic (exact) mass is 311 g/mol.